The highest BCUT2D eigenvalue weighted by Crippen LogP contribution is 2.14. The lowest BCUT2D eigenvalue weighted by Crippen LogP contribution is -2.46. The zero-order chi connectivity index (χ0) is 19.2. The summed E-state index contributed by atoms with van der Waals surface area (Å²) in [5, 5.41) is 5.59. The number of hydrogen-bond donors (Lipinski definition) is 2. The van der Waals surface area contributed by atoms with Crippen molar-refractivity contribution >= 4 is 17.7 Å². The number of anilines is 1. The minimum Gasteiger partial charge on any atom is -0.444 e. The van der Waals surface area contributed by atoms with E-state index in [4.69, 9.17) is 9.47 Å². The SMILES string of the molecule is CN1CCO[C@@H](CNC(=O)Cc2cccc(NC(=O)OC(C)(C)C)c2)C1. The van der Waals surface area contributed by atoms with Crippen molar-refractivity contribution in [3.05, 3.63) is 29.8 Å². The second-order valence-electron chi connectivity index (χ2n) is 7.56. The molecule has 1 heterocycles. The fourth-order valence-corrected chi connectivity index (χ4v) is 2.65. The smallest absolute Gasteiger partial charge is 0.412 e. The van der Waals surface area contributed by atoms with Crippen molar-refractivity contribution in [2.45, 2.75) is 38.9 Å². The molecule has 1 aromatic rings. The number of rotatable bonds is 5. The lowest BCUT2D eigenvalue weighted by molar-refractivity contribution is -0.121. The van der Waals surface area contributed by atoms with Crippen LogP contribution in [0.5, 0.6) is 0 Å². The second kappa shape index (κ2) is 9.00. The molecular weight excluding hydrogens is 334 g/mol. The van der Waals surface area contributed by atoms with Crippen molar-refractivity contribution < 1.29 is 19.1 Å². The first kappa shape index (κ1) is 20.2. The van der Waals surface area contributed by atoms with Crippen LogP contribution in [-0.2, 0) is 20.7 Å². The Labute approximate surface area is 155 Å². The first-order chi connectivity index (χ1) is 12.2. The zero-order valence-corrected chi connectivity index (χ0v) is 16.0. The summed E-state index contributed by atoms with van der Waals surface area (Å²) >= 11 is 0. The molecule has 2 rings (SSSR count). The normalized spacial score (nSPS) is 18.2. The second-order valence-corrected chi connectivity index (χ2v) is 7.56. The molecule has 2 N–H and O–H groups in total. The highest BCUT2D eigenvalue weighted by Gasteiger charge is 2.19. The Kier molecular flexibility index (Phi) is 6.99. The maximum atomic E-state index is 12.2. The molecule has 1 saturated heterocycles. The largest absolute Gasteiger partial charge is 0.444 e. The van der Waals surface area contributed by atoms with E-state index in [1.807, 2.05) is 13.1 Å². The molecule has 7 nitrogen and oxygen atoms in total. The summed E-state index contributed by atoms with van der Waals surface area (Å²) in [6, 6.07) is 7.19. The Morgan fingerprint density at radius 1 is 1.35 bits per heavy atom. The van der Waals surface area contributed by atoms with Gasteiger partial charge in [0.2, 0.25) is 5.91 Å². The van der Waals surface area contributed by atoms with Crippen molar-refractivity contribution in [3.8, 4) is 0 Å². The van der Waals surface area contributed by atoms with Gasteiger partial charge in [-0.15, -0.1) is 0 Å². The minimum atomic E-state index is -0.559. The molecule has 2 amide bonds. The molecule has 0 radical (unpaired) electrons. The van der Waals surface area contributed by atoms with E-state index in [0.717, 1.165) is 18.7 Å². The van der Waals surface area contributed by atoms with Gasteiger partial charge in [0.05, 0.1) is 19.1 Å². The van der Waals surface area contributed by atoms with Crippen molar-refractivity contribution in [2.24, 2.45) is 0 Å². The Balaban J connectivity index is 1.81. The summed E-state index contributed by atoms with van der Waals surface area (Å²) in [7, 11) is 2.04. The maximum absolute atomic E-state index is 12.2. The van der Waals surface area contributed by atoms with Crippen LogP contribution in [0.2, 0.25) is 0 Å². The van der Waals surface area contributed by atoms with E-state index in [1.165, 1.54) is 0 Å². The summed E-state index contributed by atoms with van der Waals surface area (Å²) < 4.78 is 10.9. The number of ether oxygens (including phenoxy) is 2. The van der Waals surface area contributed by atoms with Gasteiger partial charge in [-0.2, -0.15) is 0 Å². The molecule has 1 aliphatic heterocycles. The molecule has 144 valence electrons. The summed E-state index contributed by atoms with van der Waals surface area (Å²) in [5.74, 6) is -0.0729. The Morgan fingerprint density at radius 3 is 2.81 bits per heavy atom. The number of amides is 2. The number of carbonyl (C=O) groups excluding carboxylic acids is 2. The molecule has 1 aliphatic rings. The van der Waals surface area contributed by atoms with Gasteiger partial charge >= 0.3 is 6.09 Å². The first-order valence-corrected chi connectivity index (χ1v) is 8.87. The van der Waals surface area contributed by atoms with Gasteiger partial charge < -0.3 is 19.7 Å². The average Bonchev–Trinajstić information content (AvgIpc) is 2.51. The number of likely N-dealkylation sites (N-methyl/N-ethyl adjacent to an activating group) is 1. The quantitative estimate of drug-likeness (QED) is 0.837. The van der Waals surface area contributed by atoms with E-state index in [0.29, 0.717) is 18.8 Å². The van der Waals surface area contributed by atoms with Crippen LogP contribution < -0.4 is 10.6 Å². The fraction of sp³-hybridized carbons (Fsp3) is 0.579. The molecule has 26 heavy (non-hydrogen) atoms. The first-order valence-electron chi connectivity index (χ1n) is 8.87. The van der Waals surface area contributed by atoms with Crippen LogP contribution in [0.25, 0.3) is 0 Å². The summed E-state index contributed by atoms with van der Waals surface area (Å²) in [6.07, 6.45) is -0.248. The molecule has 0 spiro atoms. The Morgan fingerprint density at radius 2 is 2.12 bits per heavy atom. The molecule has 0 bridgehead atoms. The predicted molar refractivity (Wildman–Crippen MR) is 100 cm³/mol. The Bertz CT molecular complexity index is 627. The summed E-state index contributed by atoms with van der Waals surface area (Å²) in [6.45, 7) is 8.34. The third kappa shape index (κ3) is 7.41. The predicted octanol–water partition coefficient (Wildman–Crippen LogP) is 2.02. The van der Waals surface area contributed by atoms with Crippen LogP contribution >= 0.6 is 0 Å². The molecule has 0 aromatic heterocycles. The van der Waals surface area contributed by atoms with Crippen LogP contribution in [-0.4, -0.2) is 61.9 Å². The average molecular weight is 363 g/mol. The highest BCUT2D eigenvalue weighted by atomic mass is 16.6. The van der Waals surface area contributed by atoms with Gasteiger partial charge in [0.15, 0.2) is 0 Å². The van der Waals surface area contributed by atoms with Crippen LogP contribution in [0.15, 0.2) is 24.3 Å². The van der Waals surface area contributed by atoms with Gasteiger partial charge in [-0.3, -0.25) is 10.1 Å². The molecule has 7 heteroatoms. The third-order valence-electron chi connectivity index (χ3n) is 3.81. The van der Waals surface area contributed by atoms with Crippen molar-refractivity contribution in [2.75, 3.05) is 38.6 Å². The van der Waals surface area contributed by atoms with Crippen molar-refractivity contribution in [3.63, 3.8) is 0 Å². The standard InChI is InChI=1S/C19H29N3O4/c1-19(2,3)26-18(24)21-15-7-5-6-14(10-15)11-17(23)20-12-16-13-22(4)8-9-25-16/h5-7,10,16H,8-9,11-13H2,1-4H3,(H,20,23)(H,21,24)/t16-/m0/s1. The molecular formula is C19H29N3O4. The van der Waals surface area contributed by atoms with E-state index in [1.54, 1.807) is 39.0 Å². The van der Waals surface area contributed by atoms with Gasteiger partial charge in [-0.1, -0.05) is 12.1 Å². The Hall–Kier alpha value is -2.12. The molecule has 0 unspecified atom stereocenters. The highest BCUT2D eigenvalue weighted by molar-refractivity contribution is 5.85. The molecule has 0 saturated carbocycles. The van der Waals surface area contributed by atoms with Gasteiger partial charge in [0.25, 0.3) is 0 Å². The zero-order valence-electron chi connectivity index (χ0n) is 16.0. The van der Waals surface area contributed by atoms with Gasteiger partial charge in [-0.05, 0) is 45.5 Å². The van der Waals surface area contributed by atoms with E-state index >= 15 is 0 Å². The van der Waals surface area contributed by atoms with Gasteiger partial charge in [0, 0.05) is 25.3 Å². The lowest BCUT2D eigenvalue weighted by Gasteiger charge is -2.30. The van der Waals surface area contributed by atoms with Crippen LogP contribution in [0.3, 0.4) is 0 Å². The molecule has 1 fully saturated rings. The van der Waals surface area contributed by atoms with Crippen LogP contribution in [0.1, 0.15) is 26.3 Å². The number of nitrogens with zero attached hydrogens (tertiary/aromatic N) is 1. The molecule has 0 aliphatic carbocycles. The lowest BCUT2D eigenvalue weighted by atomic mass is 10.1. The fourth-order valence-electron chi connectivity index (χ4n) is 2.65. The molecule has 1 atom stereocenters. The summed E-state index contributed by atoms with van der Waals surface area (Å²) in [4.78, 5) is 26.2. The van der Waals surface area contributed by atoms with Crippen LogP contribution in [0.4, 0.5) is 10.5 Å². The monoisotopic (exact) mass is 363 g/mol. The van der Waals surface area contributed by atoms with Crippen molar-refractivity contribution in [1.82, 2.24) is 10.2 Å². The summed E-state index contributed by atoms with van der Waals surface area (Å²) in [5.41, 5.74) is 0.858. The van der Waals surface area contributed by atoms with E-state index < -0.39 is 11.7 Å². The number of hydrogen-bond acceptors (Lipinski definition) is 5. The number of benzene rings is 1. The number of morpholine rings is 1. The van der Waals surface area contributed by atoms with Crippen LogP contribution in [0, 0.1) is 0 Å². The van der Waals surface area contributed by atoms with E-state index in [2.05, 4.69) is 15.5 Å². The topological polar surface area (TPSA) is 79.9 Å². The third-order valence-corrected chi connectivity index (χ3v) is 3.81. The number of nitrogens with one attached hydrogen (secondary N) is 2. The van der Waals surface area contributed by atoms with Gasteiger partial charge in [-0.25, -0.2) is 4.79 Å². The van der Waals surface area contributed by atoms with E-state index in [9.17, 15) is 9.59 Å². The minimum absolute atomic E-state index is 0.0258. The molecule has 1 aromatic carbocycles. The number of carbonyl (C=O) groups is 2. The van der Waals surface area contributed by atoms with Crippen molar-refractivity contribution in [1.29, 1.82) is 0 Å². The van der Waals surface area contributed by atoms with E-state index in [-0.39, 0.29) is 18.4 Å². The van der Waals surface area contributed by atoms with Gasteiger partial charge in [0.1, 0.15) is 5.60 Å². The maximum Gasteiger partial charge on any atom is 0.412 e.